The quantitative estimate of drug-likeness (QED) is 0.396. The van der Waals surface area contributed by atoms with Gasteiger partial charge in [0, 0.05) is 0 Å². The van der Waals surface area contributed by atoms with Gasteiger partial charge < -0.3 is 4.74 Å². The van der Waals surface area contributed by atoms with Crippen molar-refractivity contribution in [3.05, 3.63) is 0 Å². The van der Waals surface area contributed by atoms with Crippen LogP contribution in [-0.2, 0) is 9.53 Å². The molecular weight excluding hydrogens is 236 g/mol. The Morgan fingerprint density at radius 3 is 1.82 bits per heavy atom. The van der Waals surface area contributed by atoms with E-state index in [1.807, 2.05) is 0 Å². The molecule has 0 radical (unpaired) electrons. The summed E-state index contributed by atoms with van der Waals surface area (Å²) in [4.78, 5) is 10.1. The van der Waals surface area contributed by atoms with Crippen molar-refractivity contribution in [1.29, 1.82) is 0 Å². The predicted molar refractivity (Wildman–Crippen MR) is 30.8 cm³/mol. The van der Waals surface area contributed by atoms with Crippen LogP contribution in [0.15, 0.2) is 0 Å². The van der Waals surface area contributed by atoms with Gasteiger partial charge in [-0.05, 0) is 15.9 Å². The second-order valence-corrected chi connectivity index (χ2v) is 2.66. The Kier molecular flexibility index (Phi) is 2.87. The van der Waals surface area contributed by atoms with Crippen molar-refractivity contribution >= 4 is 21.9 Å². The molecule has 0 spiro atoms. The van der Waals surface area contributed by atoms with Gasteiger partial charge in [0.15, 0.2) is 0 Å². The van der Waals surface area contributed by atoms with Crippen LogP contribution in [0.2, 0.25) is 0 Å². The first-order chi connectivity index (χ1) is 4.73. The van der Waals surface area contributed by atoms with Gasteiger partial charge in [0.05, 0.1) is 7.11 Å². The number of alkyl halides is 5. The monoisotopic (exact) mass is 238 g/mol. The fourth-order valence-electron chi connectivity index (χ4n) is 0.244. The highest BCUT2D eigenvalue weighted by Gasteiger charge is 2.61. The maximum absolute atomic E-state index is 12.3. The predicted octanol–water partition coefficient (Wildman–Crippen LogP) is 1.78. The summed E-state index contributed by atoms with van der Waals surface area (Å²) in [6.45, 7) is 0. The first-order valence-electron chi connectivity index (χ1n) is 2.26. The number of esters is 1. The average molecular weight is 239 g/mol. The molecule has 66 valence electrons. The highest BCUT2D eigenvalue weighted by atomic mass is 79.9. The van der Waals surface area contributed by atoms with Crippen molar-refractivity contribution in [1.82, 2.24) is 0 Å². The largest absolute Gasteiger partial charge is 0.466 e. The van der Waals surface area contributed by atoms with Crippen molar-refractivity contribution < 1.29 is 27.1 Å². The fraction of sp³-hybridized carbons (Fsp3) is 0.750. The molecule has 0 bridgehead atoms. The van der Waals surface area contributed by atoms with Gasteiger partial charge in [0.1, 0.15) is 0 Å². The summed E-state index contributed by atoms with van der Waals surface area (Å²) in [5.74, 6) is -2.02. The van der Waals surface area contributed by atoms with Crippen molar-refractivity contribution in [2.45, 2.75) is 10.8 Å². The first-order valence-corrected chi connectivity index (χ1v) is 3.05. The number of carbonyl (C=O) groups is 1. The number of hydrogen-bond acceptors (Lipinski definition) is 2. The van der Waals surface area contributed by atoms with Gasteiger partial charge in [0.25, 0.3) is 0 Å². The minimum atomic E-state index is -5.31. The van der Waals surface area contributed by atoms with E-state index in [1.165, 1.54) is 0 Å². The summed E-state index contributed by atoms with van der Waals surface area (Å²) in [6.07, 6.45) is -5.31. The van der Waals surface area contributed by atoms with Crippen LogP contribution < -0.4 is 0 Å². The van der Waals surface area contributed by atoms with Crippen LogP contribution in [0.3, 0.4) is 0 Å². The molecule has 0 aliphatic heterocycles. The van der Waals surface area contributed by atoms with E-state index in [1.54, 1.807) is 15.9 Å². The number of ether oxygens (including phenoxy) is 1. The number of halogens is 5. The summed E-state index contributed by atoms with van der Waals surface area (Å²) in [6, 6.07) is 0. The van der Waals surface area contributed by atoms with Gasteiger partial charge in [-0.2, -0.15) is 13.2 Å². The molecule has 0 aliphatic carbocycles. The molecule has 11 heavy (non-hydrogen) atoms. The molecule has 0 amide bonds. The van der Waals surface area contributed by atoms with Crippen LogP contribution in [0, 0.1) is 0 Å². The lowest BCUT2D eigenvalue weighted by Crippen LogP contribution is -2.43. The average Bonchev–Trinajstić information content (AvgIpc) is 1.83. The third kappa shape index (κ3) is 2.05. The normalized spacial score (nSPS) is 17.3. The third-order valence-corrected chi connectivity index (χ3v) is 1.57. The maximum atomic E-state index is 12.3. The van der Waals surface area contributed by atoms with E-state index >= 15 is 0 Å². The van der Waals surface area contributed by atoms with Gasteiger partial charge >= 0.3 is 16.7 Å². The first kappa shape index (κ1) is 10.7. The second kappa shape index (κ2) is 2.96. The molecule has 2 nitrogen and oxygen atoms in total. The molecule has 0 saturated heterocycles. The van der Waals surface area contributed by atoms with Crippen molar-refractivity contribution in [2.75, 3.05) is 7.11 Å². The van der Waals surface area contributed by atoms with Crippen LogP contribution in [0.25, 0.3) is 0 Å². The lowest BCUT2D eigenvalue weighted by molar-refractivity contribution is -0.207. The Balaban J connectivity index is 4.59. The van der Waals surface area contributed by atoms with Gasteiger partial charge in [-0.15, -0.1) is 0 Å². The van der Waals surface area contributed by atoms with E-state index in [-0.39, 0.29) is 0 Å². The summed E-state index contributed by atoms with van der Waals surface area (Å²) < 4.78 is 46.4. The number of carbonyl (C=O) groups excluding carboxylic acids is 1. The van der Waals surface area contributed by atoms with E-state index in [9.17, 15) is 22.4 Å². The Labute approximate surface area is 67.6 Å². The van der Waals surface area contributed by atoms with Crippen LogP contribution >= 0.6 is 15.9 Å². The highest BCUT2D eigenvalue weighted by molar-refractivity contribution is 9.10. The van der Waals surface area contributed by atoms with Crippen molar-refractivity contribution in [3.8, 4) is 0 Å². The third-order valence-electron chi connectivity index (χ3n) is 0.798. The minimum absolute atomic E-state index is 0.656. The molecule has 0 aromatic heterocycles. The van der Waals surface area contributed by atoms with Crippen LogP contribution in [0.4, 0.5) is 17.6 Å². The van der Waals surface area contributed by atoms with E-state index in [0.29, 0.717) is 7.11 Å². The van der Waals surface area contributed by atoms with Crippen LogP contribution in [0.5, 0.6) is 0 Å². The Morgan fingerprint density at radius 1 is 1.36 bits per heavy atom. The Morgan fingerprint density at radius 2 is 1.73 bits per heavy atom. The molecule has 1 atom stereocenters. The molecule has 0 aromatic rings. The van der Waals surface area contributed by atoms with Gasteiger partial charge in [-0.25, -0.2) is 9.18 Å². The molecule has 0 aromatic carbocycles. The van der Waals surface area contributed by atoms with Gasteiger partial charge in [-0.3, -0.25) is 0 Å². The summed E-state index contributed by atoms with van der Waals surface area (Å²) in [5.41, 5.74) is 0. The standard InChI is InChI=1S/C4H3BrF4O2/c1-11-2(10)3(5,6)4(7,8)9/h1H3/t3-/m0/s1. The second-order valence-electron chi connectivity index (χ2n) is 1.56. The van der Waals surface area contributed by atoms with Crippen LogP contribution in [-0.4, -0.2) is 23.8 Å². The van der Waals surface area contributed by atoms with E-state index in [0.717, 1.165) is 0 Å². The molecule has 0 unspecified atom stereocenters. The van der Waals surface area contributed by atoms with Crippen LogP contribution in [0.1, 0.15) is 0 Å². The zero-order valence-corrected chi connectivity index (χ0v) is 6.79. The van der Waals surface area contributed by atoms with E-state index < -0.39 is 16.7 Å². The van der Waals surface area contributed by atoms with Crippen molar-refractivity contribution in [3.63, 3.8) is 0 Å². The maximum Gasteiger partial charge on any atom is 0.444 e. The molecule has 0 N–H and O–H groups in total. The number of hydrogen-bond donors (Lipinski definition) is 0. The number of rotatable bonds is 1. The smallest absolute Gasteiger partial charge is 0.444 e. The fourth-order valence-corrected chi connectivity index (χ4v) is 0.406. The lowest BCUT2D eigenvalue weighted by Gasteiger charge is -2.17. The molecule has 7 heteroatoms. The number of methoxy groups -OCH3 is 1. The lowest BCUT2D eigenvalue weighted by atomic mass is 10.4. The van der Waals surface area contributed by atoms with E-state index in [2.05, 4.69) is 4.74 Å². The van der Waals surface area contributed by atoms with Crippen molar-refractivity contribution in [2.24, 2.45) is 0 Å². The Hall–Kier alpha value is -0.330. The van der Waals surface area contributed by atoms with Gasteiger partial charge in [0.2, 0.25) is 0 Å². The molecule has 0 rings (SSSR count). The molecule has 0 heterocycles. The molecule has 0 fully saturated rings. The minimum Gasteiger partial charge on any atom is -0.466 e. The summed E-state index contributed by atoms with van der Waals surface area (Å²) >= 11 is 1.56. The summed E-state index contributed by atoms with van der Waals surface area (Å²) in [5, 5.41) is 0. The Bertz CT molecular complexity index is 164. The molecular formula is C4H3BrF4O2. The SMILES string of the molecule is COC(=O)[C@@](F)(Br)C(F)(F)F. The van der Waals surface area contributed by atoms with Gasteiger partial charge in [-0.1, -0.05) is 0 Å². The summed E-state index contributed by atoms with van der Waals surface area (Å²) in [7, 11) is 0.656. The van der Waals surface area contributed by atoms with E-state index in [4.69, 9.17) is 0 Å². The molecule has 0 aliphatic rings. The highest BCUT2D eigenvalue weighted by Crippen LogP contribution is 2.39. The molecule has 0 saturated carbocycles. The zero-order chi connectivity index (χ0) is 9.28. The zero-order valence-electron chi connectivity index (χ0n) is 5.21. The topological polar surface area (TPSA) is 26.3 Å².